The highest BCUT2D eigenvalue weighted by Crippen LogP contribution is 2.42. The lowest BCUT2D eigenvalue weighted by molar-refractivity contribution is -0.251. The van der Waals surface area contributed by atoms with Gasteiger partial charge in [-0.3, -0.25) is 9.59 Å². The minimum atomic E-state index is -5.97. The zero-order chi connectivity index (χ0) is 33.1. The van der Waals surface area contributed by atoms with Gasteiger partial charge in [-0.1, -0.05) is 72.2 Å². The molecule has 6 nitrogen and oxygen atoms in total. The number of benzene rings is 2. The molecule has 0 radical (unpaired) electrons. The van der Waals surface area contributed by atoms with Crippen molar-refractivity contribution in [1.29, 1.82) is 0 Å². The Morgan fingerprint density at radius 2 is 1.49 bits per heavy atom. The van der Waals surface area contributed by atoms with Crippen LogP contribution in [0.4, 0.5) is 37.7 Å². The van der Waals surface area contributed by atoms with Crippen LogP contribution in [0.1, 0.15) is 78.9 Å². The zero-order valence-electron chi connectivity index (χ0n) is 25.0. The van der Waals surface area contributed by atoms with E-state index in [0.29, 0.717) is 11.8 Å². The molecule has 2 aromatic carbocycles. The molecule has 2 rings (SSSR count). The minimum Gasteiger partial charge on any atom is -0.506 e. The molecule has 240 valence electrons. The molecule has 1 unspecified atom stereocenters. The molecule has 2 amide bonds. The molecule has 0 aromatic heterocycles. The van der Waals surface area contributed by atoms with E-state index in [1.807, 2.05) is 19.1 Å². The number of aromatic hydroxyl groups is 1. The third-order valence-electron chi connectivity index (χ3n) is 7.76. The van der Waals surface area contributed by atoms with Crippen LogP contribution in [0, 0.1) is 0 Å². The second-order valence-corrected chi connectivity index (χ2v) is 11.9. The summed E-state index contributed by atoms with van der Waals surface area (Å²) < 4.78 is 84.8. The van der Waals surface area contributed by atoms with Crippen molar-refractivity contribution in [2.24, 2.45) is 0 Å². The first-order valence-corrected chi connectivity index (χ1v) is 14.0. The molecular formula is C30H37ClF6N2O4. The van der Waals surface area contributed by atoms with Gasteiger partial charge in [0.2, 0.25) is 0 Å². The van der Waals surface area contributed by atoms with Gasteiger partial charge in [-0.05, 0) is 47.8 Å². The summed E-state index contributed by atoms with van der Waals surface area (Å²) >= 11 is 6.10. The van der Waals surface area contributed by atoms with Crippen molar-refractivity contribution in [2.45, 2.75) is 103 Å². The van der Waals surface area contributed by atoms with Gasteiger partial charge in [-0.15, -0.1) is 0 Å². The maximum Gasteiger partial charge on any atom is 0.392 e. The molecule has 0 heterocycles. The standard InChI is InChI=1S/C30H37ClF6N2O4/c1-8-22(43-23-12-11-16(27(4,5)9-2)13-17(23)28(6,7)10-3)24(41)38-19-15-21(40)20(14-18(19)31)39-26(42)30(36,37)29(34,35)25(32)33/h11-15,22,25,40H,8-10H2,1-7H3,(H,38,41)(H,39,42). The summed E-state index contributed by atoms with van der Waals surface area (Å²) in [5.74, 6) is -15.7. The second kappa shape index (κ2) is 13.2. The molecule has 0 fully saturated rings. The van der Waals surface area contributed by atoms with Crippen molar-refractivity contribution in [3.8, 4) is 11.5 Å². The smallest absolute Gasteiger partial charge is 0.392 e. The number of anilines is 2. The van der Waals surface area contributed by atoms with Crippen molar-refractivity contribution in [2.75, 3.05) is 10.6 Å². The molecule has 0 bridgehead atoms. The van der Waals surface area contributed by atoms with E-state index in [4.69, 9.17) is 16.3 Å². The van der Waals surface area contributed by atoms with Gasteiger partial charge in [0, 0.05) is 11.6 Å². The van der Waals surface area contributed by atoms with E-state index >= 15 is 0 Å². The van der Waals surface area contributed by atoms with Gasteiger partial charge in [0.1, 0.15) is 11.5 Å². The van der Waals surface area contributed by atoms with E-state index in [1.54, 1.807) is 6.92 Å². The van der Waals surface area contributed by atoms with Crippen LogP contribution >= 0.6 is 11.6 Å². The Hall–Kier alpha value is -3.15. The molecule has 0 aliphatic heterocycles. The van der Waals surface area contributed by atoms with E-state index in [9.17, 15) is 41.0 Å². The number of ether oxygens (including phenoxy) is 1. The fraction of sp³-hybridized carbons (Fsp3) is 0.533. The van der Waals surface area contributed by atoms with Crippen LogP contribution in [0.2, 0.25) is 5.02 Å². The zero-order valence-corrected chi connectivity index (χ0v) is 25.7. The number of nitrogens with one attached hydrogen (secondary N) is 2. The average Bonchev–Trinajstić information content (AvgIpc) is 2.93. The minimum absolute atomic E-state index is 0.0945. The number of hydrogen-bond acceptors (Lipinski definition) is 4. The summed E-state index contributed by atoms with van der Waals surface area (Å²) in [5, 5.41) is 13.5. The number of amides is 2. The number of rotatable bonds is 13. The van der Waals surface area contributed by atoms with Crippen molar-refractivity contribution in [1.82, 2.24) is 0 Å². The van der Waals surface area contributed by atoms with Crippen LogP contribution in [0.25, 0.3) is 0 Å². The highest BCUT2D eigenvalue weighted by Gasteiger charge is 2.67. The maximum absolute atomic E-state index is 13.7. The largest absolute Gasteiger partial charge is 0.506 e. The first kappa shape index (κ1) is 36.0. The Kier molecular flexibility index (Phi) is 11.1. The Balaban J connectivity index is 2.33. The third-order valence-corrected chi connectivity index (χ3v) is 8.07. The number of phenolic OH excluding ortho intramolecular Hbond substituents is 1. The van der Waals surface area contributed by atoms with Gasteiger partial charge in [0.05, 0.1) is 16.4 Å². The molecule has 0 saturated heterocycles. The van der Waals surface area contributed by atoms with E-state index in [1.165, 1.54) is 5.32 Å². The Morgan fingerprint density at radius 1 is 0.907 bits per heavy atom. The van der Waals surface area contributed by atoms with E-state index in [-0.39, 0.29) is 28.0 Å². The first-order chi connectivity index (χ1) is 19.7. The predicted molar refractivity (Wildman–Crippen MR) is 154 cm³/mol. The van der Waals surface area contributed by atoms with Gasteiger partial charge in [0.25, 0.3) is 5.91 Å². The van der Waals surface area contributed by atoms with Crippen LogP contribution in [-0.4, -0.2) is 41.3 Å². The quantitative estimate of drug-likeness (QED) is 0.151. The van der Waals surface area contributed by atoms with Crippen LogP contribution in [0.15, 0.2) is 30.3 Å². The number of carbonyl (C=O) groups is 2. The van der Waals surface area contributed by atoms with Crippen LogP contribution in [0.5, 0.6) is 11.5 Å². The van der Waals surface area contributed by atoms with Gasteiger partial charge in [-0.2, -0.15) is 17.6 Å². The monoisotopic (exact) mass is 638 g/mol. The Labute approximate surface area is 252 Å². The molecule has 0 saturated carbocycles. The van der Waals surface area contributed by atoms with Crippen LogP contribution in [-0.2, 0) is 20.4 Å². The maximum atomic E-state index is 13.7. The lowest BCUT2D eigenvalue weighted by Crippen LogP contribution is -2.53. The van der Waals surface area contributed by atoms with Gasteiger partial charge < -0.3 is 20.5 Å². The Morgan fingerprint density at radius 3 is 2.00 bits per heavy atom. The predicted octanol–water partition coefficient (Wildman–Crippen LogP) is 8.69. The molecule has 13 heteroatoms. The Bertz CT molecular complexity index is 1330. The molecular weight excluding hydrogens is 602 g/mol. The molecule has 0 aliphatic carbocycles. The van der Waals surface area contributed by atoms with Crippen molar-refractivity contribution in [3.05, 3.63) is 46.5 Å². The molecule has 43 heavy (non-hydrogen) atoms. The van der Waals surface area contributed by atoms with Crippen molar-refractivity contribution in [3.63, 3.8) is 0 Å². The number of phenols is 1. The average molecular weight is 639 g/mol. The molecule has 2 aromatic rings. The lowest BCUT2D eigenvalue weighted by Gasteiger charge is -2.31. The molecule has 3 N–H and O–H groups in total. The second-order valence-electron chi connectivity index (χ2n) is 11.5. The van der Waals surface area contributed by atoms with E-state index < -0.39 is 47.6 Å². The highest BCUT2D eigenvalue weighted by atomic mass is 35.5. The van der Waals surface area contributed by atoms with Gasteiger partial charge in [0.15, 0.2) is 6.10 Å². The topological polar surface area (TPSA) is 87.7 Å². The summed E-state index contributed by atoms with van der Waals surface area (Å²) in [4.78, 5) is 24.9. The highest BCUT2D eigenvalue weighted by molar-refractivity contribution is 6.34. The summed E-state index contributed by atoms with van der Waals surface area (Å²) in [6.45, 7) is 14.2. The van der Waals surface area contributed by atoms with Crippen molar-refractivity contribution >= 4 is 34.8 Å². The summed E-state index contributed by atoms with van der Waals surface area (Å²) in [6, 6.07) is 7.31. The van der Waals surface area contributed by atoms with Crippen LogP contribution in [0.3, 0.4) is 0 Å². The number of halogens is 7. The lowest BCUT2D eigenvalue weighted by atomic mass is 9.76. The first-order valence-electron chi connectivity index (χ1n) is 13.7. The summed E-state index contributed by atoms with van der Waals surface area (Å²) in [7, 11) is 0. The van der Waals surface area contributed by atoms with E-state index in [0.717, 1.165) is 30.0 Å². The number of carbonyl (C=O) groups excluding carboxylic acids is 2. The fourth-order valence-corrected chi connectivity index (χ4v) is 4.12. The van der Waals surface area contributed by atoms with Gasteiger partial charge >= 0.3 is 24.2 Å². The molecule has 0 aliphatic rings. The fourth-order valence-electron chi connectivity index (χ4n) is 3.91. The normalized spacial score (nSPS) is 13.6. The van der Waals surface area contributed by atoms with Gasteiger partial charge in [-0.25, -0.2) is 8.78 Å². The van der Waals surface area contributed by atoms with Crippen LogP contribution < -0.4 is 15.4 Å². The molecule has 0 spiro atoms. The third kappa shape index (κ3) is 7.69. The van der Waals surface area contributed by atoms with Crippen molar-refractivity contribution < 1.29 is 45.8 Å². The molecule has 1 atom stereocenters. The number of hydrogen-bond donors (Lipinski definition) is 3. The number of alkyl halides is 6. The van der Waals surface area contributed by atoms with E-state index in [2.05, 4.69) is 46.0 Å². The summed E-state index contributed by atoms with van der Waals surface area (Å²) in [5.41, 5.74) is 0.537. The SMILES string of the molecule is CCC(Oc1ccc(C(C)(C)CC)cc1C(C)(C)CC)C(=O)Nc1cc(O)c(NC(=O)C(F)(F)C(F)(F)C(F)F)cc1Cl. The summed E-state index contributed by atoms with van der Waals surface area (Å²) in [6.07, 6.45) is -3.97.